The molecule has 1 fully saturated rings. The normalized spacial score (nSPS) is 17.6. The summed E-state index contributed by atoms with van der Waals surface area (Å²) in [4.78, 5) is 0. The first-order valence-electron chi connectivity index (χ1n) is 3.85. The lowest BCUT2D eigenvalue weighted by Crippen LogP contribution is -2.33. The van der Waals surface area contributed by atoms with Gasteiger partial charge in [-0.2, -0.15) is 0 Å². The molecular formula is C8H16N2. The van der Waals surface area contributed by atoms with Gasteiger partial charge >= 0.3 is 0 Å². The summed E-state index contributed by atoms with van der Waals surface area (Å²) in [6, 6.07) is 0.592. The number of hydrogen-bond donors (Lipinski definition) is 1. The summed E-state index contributed by atoms with van der Waals surface area (Å²) in [5, 5.41) is 1.82. The van der Waals surface area contributed by atoms with Crippen LogP contribution in [0.1, 0.15) is 26.7 Å². The highest BCUT2D eigenvalue weighted by atomic mass is 15.4. The molecule has 0 aromatic rings. The molecule has 0 saturated heterocycles. The minimum atomic E-state index is 0.477. The van der Waals surface area contributed by atoms with Crippen molar-refractivity contribution in [3.63, 3.8) is 0 Å². The number of hydrazine groups is 1. The molecule has 0 spiro atoms. The molecule has 2 heteroatoms. The summed E-state index contributed by atoms with van der Waals surface area (Å²) >= 11 is 0. The van der Waals surface area contributed by atoms with Gasteiger partial charge in [-0.15, -0.1) is 0 Å². The molecule has 1 aliphatic rings. The Kier molecular flexibility index (Phi) is 2.00. The van der Waals surface area contributed by atoms with Gasteiger partial charge in [0, 0.05) is 11.7 Å². The SMILES string of the molecule is C=C(C(C)C)N(N)C1CC1. The largest absolute Gasteiger partial charge is 0.312 e. The Labute approximate surface area is 62.7 Å². The first-order chi connectivity index (χ1) is 4.63. The zero-order valence-corrected chi connectivity index (χ0v) is 6.80. The molecule has 1 aliphatic carbocycles. The molecule has 0 atom stereocenters. The van der Waals surface area contributed by atoms with Crippen molar-refractivity contribution >= 4 is 0 Å². The molecule has 0 aromatic heterocycles. The van der Waals surface area contributed by atoms with Crippen molar-refractivity contribution in [2.24, 2.45) is 11.8 Å². The van der Waals surface area contributed by atoms with Crippen LogP contribution in [0.2, 0.25) is 0 Å². The smallest absolute Gasteiger partial charge is 0.0450 e. The Morgan fingerprint density at radius 2 is 2.10 bits per heavy atom. The van der Waals surface area contributed by atoms with Gasteiger partial charge in [0.15, 0.2) is 0 Å². The molecule has 0 aliphatic heterocycles. The Hall–Kier alpha value is -0.500. The van der Waals surface area contributed by atoms with Crippen LogP contribution in [0.4, 0.5) is 0 Å². The second-order valence-corrected chi connectivity index (χ2v) is 3.28. The Morgan fingerprint density at radius 1 is 1.60 bits per heavy atom. The van der Waals surface area contributed by atoms with Gasteiger partial charge in [-0.25, -0.2) is 5.84 Å². The van der Waals surface area contributed by atoms with Crippen LogP contribution in [0.25, 0.3) is 0 Å². The van der Waals surface area contributed by atoms with Crippen molar-refractivity contribution in [1.82, 2.24) is 5.01 Å². The first-order valence-corrected chi connectivity index (χ1v) is 3.85. The molecule has 2 nitrogen and oxygen atoms in total. The molecule has 1 saturated carbocycles. The average Bonchev–Trinajstić information content (AvgIpc) is 2.65. The van der Waals surface area contributed by atoms with Gasteiger partial charge in [0.2, 0.25) is 0 Å². The van der Waals surface area contributed by atoms with Crippen LogP contribution in [0, 0.1) is 5.92 Å². The lowest BCUT2D eigenvalue weighted by Gasteiger charge is -2.23. The summed E-state index contributed by atoms with van der Waals surface area (Å²) in [7, 11) is 0. The van der Waals surface area contributed by atoms with Gasteiger partial charge in [0.05, 0.1) is 0 Å². The van der Waals surface area contributed by atoms with E-state index in [1.54, 1.807) is 0 Å². The van der Waals surface area contributed by atoms with E-state index in [1.807, 2.05) is 5.01 Å². The van der Waals surface area contributed by atoms with Gasteiger partial charge in [0.1, 0.15) is 0 Å². The lowest BCUT2D eigenvalue weighted by atomic mass is 10.1. The maximum Gasteiger partial charge on any atom is 0.0450 e. The number of hydrogen-bond acceptors (Lipinski definition) is 2. The number of allylic oxidation sites excluding steroid dienone is 1. The standard InChI is InChI=1S/C8H16N2/c1-6(2)7(3)10(9)8-4-5-8/h6,8H,3-5,9H2,1-2H3. The monoisotopic (exact) mass is 140 g/mol. The second-order valence-electron chi connectivity index (χ2n) is 3.28. The quantitative estimate of drug-likeness (QED) is 0.475. The Bertz CT molecular complexity index is 136. The minimum Gasteiger partial charge on any atom is -0.312 e. The molecule has 2 N–H and O–H groups in total. The molecule has 10 heavy (non-hydrogen) atoms. The van der Waals surface area contributed by atoms with E-state index in [0.29, 0.717) is 12.0 Å². The summed E-state index contributed by atoms with van der Waals surface area (Å²) in [6.07, 6.45) is 2.48. The number of nitrogens with two attached hydrogens (primary N) is 1. The van der Waals surface area contributed by atoms with E-state index >= 15 is 0 Å². The van der Waals surface area contributed by atoms with Gasteiger partial charge in [0.25, 0.3) is 0 Å². The molecule has 0 bridgehead atoms. The molecular weight excluding hydrogens is 124 g/mol. The summed E-state index contributed by atoms with van der Waals surface area (Å²) in [6.45, 7) is 8.15. The van der Waals surface area contributed by atoms with Crippen LogP contribution in [0.15, 0.2) is 12.3 Å². The second kappa shape index (κ2) is 2.62. The summed E-state index contributed by atoms with van der Waals surface area (Å²) < 4.78 is 0. The van der Waals surface area contributed by atoms with Crippen molar-refractivity contribution < 1.29 is 0 Å². The van der Waals surface area contributed by atoms with E-state index in [0.717, 1.165) is 5.70 Å². The highest BCUT2D eigenvalue weighted by Crippen LogP contribution is 2.28. The molecule has 1 rings (SSSR count). The average molecular weight is 140 g/mol. The van der Waals surface area contributed by atoms with Crippen LogP contribution >= 0.6 is 0 Å². The van der Waals surface area contributed by atoms with E-state index < -0.39 is 0 Å². The van der Waals surface area contributed by atoms with Gasteiger partial charge < -0.3 is 5.01 Å². The molecule has 0 unspecified atom stereocenters. The molecule has 0 aromatic carbocycles. The summed E-state index contributed by atoms with van der Waals surface area (Å²) in [5.41, 5.74) is 1.06. The minimum absolute atomic E-state index is 0.477. The van der Waals surface area contributed by atoms with E-state index in [4.69, 9.17) is 5.84 Å². The van der Waals surface area contributed by atoms with Gasteiger partial charge in [-0.05, 0) is 18.8 Å². The van der Waals surface area contributed by atoms with E-state index in [2.05, 4.69) is 20.4 Å². The van der Waals surface area contributed by atoms with Crippen molar-refractivity contribution in [2.75, 3.05) is 0 Å². The van der Waals surface area contributed by atoms with Crippen molar-refractivity contribution in [2.45, 2.75) is 32.7 Å². The zero-order chi connectivity index (χ0) is 7.72. The predicted molar refractivity (Wildman–Crippen MR) is 43.0 cm³/mol. The Balaban J connectivity index is 2.38. The fraction of sp³-hybridized carbons (Fsp3) is 0.750. The van der Waals surface area contributed by atoms with Crippen LogP contribution < -0.4 is 5.84 Å². The van der Waals surface area contributed by atoms with Gasteiger partial charge in [-0.3, -0.25) is 0 Å². The predicted octanol–water partition coefficient (Wildman–Crippen LogP) is 1.49. The van der Waals surface area contributed by atoms with Crippen LogP contribution in [-0.2, 0) is 0 Å². The third-order valence-corrected chi connectivity index (χ3v) is 1.94. The maximum atomic E-state index is 5.76. The van der Waals surface area contributed by atoms with Crippen molar-refractivity contribution in [3.8, 4) is 0 Å². The van der Waals surface area contributed by atoms with E-state index in [-0.39, 0.29) is 0 Å². The van der Waals surface area contributed by atoms with Crippen molar-refractivity contribution in [3.05, 3.63) is 12.3 Å². The molecule has 0 heterocycles. The first kappa shape index (κ1) is 7.61. The molecule has 58 valence electrons. The zero-order valence-electron chi connectivity index (χ0n) is 6.80. The maximum absolute atomic E-state index is 5.76. The molecule has 0 radical (unpaired) electrons. The summed E-state index contributed by atoms with van der Waals surface area (Å²) in [5.74, 6) is 6.23. The lowest BCUT2D eigenvalue weighted by molar-refractivity contribution is 0.316. The topological polar surface area (TPSA) is 29.3 Å². The third kappa shape index (κ3) is 1.51. The number of rotatable bonds is 3. The fourth-order valence-corrected chi connectivity index (χ4v) is 0.885. The fourth-order valence-electron chi connectivity index (χ4n) is 0.885. The van der Waals surface area contributed by atoms with Gasteiger partial charge in [-0.1, -0.05) is 20.4 Å². The van der Waals surface area contributed by atoms with Crippen LogP contribution in [-0.4, -0.2) is 11.1 Å². The van der Waals surface area contributed by atoms with Crippen molar-refractivity contribution in [1.29, 1.82) is 0 Å². The van der Waals surface area contributed by atoms with E-state index in [9.17, 15) is 0 Å². The van der Waals surface area contributed by atoms with Crippen LogP contribution in [0.5, 0.6) is 0 Å². The number of nitrogens with zero attached hydrogens (tertiary/aromatic N) is 1. The molecule has 0 amide bonds. The van der Waals surface area contributed by atoms with E-state index in [1.165, 1.54) is 12.8 Å². The van der Waals surface area contributed by atoms with Crippen LogP contribution in [0.3, 0.4) is 0 Å². The Morgan fingerprint density at radius 3 is 2.40 bits per heavy atom. The third-order valence-electron chi connectivity index (χ3n) is 1.94. The highest BCUT2D eigenvalue weighted by molar-refractivity contribution is 5.00. The highest BCUT2D eigenvalue weighted by Gasteiger charge is 2.28.